The summed E-state index contributed by atoms with van der Waals surface area (Å²) < 4.78 is 2.28. The van der Waals surface area contributed by atoms with E-state index in [4.69, 9.17) is 0 Å². The highest BCUT2D eigenvalue weighted by atomic mass is 16.1. The minimum Gasteiger partial charge on any atom is -0.355 e. The maximum Gasteiger partial charge on any atom is 0.223 e. The van der Waals surface area contributed by atoms with Gasteiger partial charge in [0.05, 0.1) is 5.69 Å². The number of hydrogen-bond donors (Lipinski definition) is 1. The van der Waals surface area contributed by atoms with E-state index in [0.717, 1.165) is 44.5 Å². The van der Waals surface area contributed by atoms with Crippen LogP contribution in [-0.4, -0.2) is 22.0 Å². The van der Waals surface area contributed by atoms with Gasteiger partial charge in [0, 0.05) is 38.0 Å². The highest BCUT2D eigenvalue weighted by Gasteiger charge is 2.22. The zero-order chi connectivity index (χ0) is 13.1. The molecule has 2 aliphatic rings. The number of imidazole rings is 1. The van der Waals surface area contributed by atoms with E-state index in [-0.39, 0.29) is 11.8 Å². The van der Waals surface area contributed by atoms with E-state index < -0.39 is 0 Å². The molecule has 0 unspecified atom stereocenters. The van der Waals surface area contributed by atoms with E-state index in [1.165, 1.54) is 31.5 Å². The van der Waals surface area contributed by atoms with E-state index in [2.05, 4.69) is 21.1 Å². The fraction of sp³-hybridized carbons (Fsp3) is 0.733. The van der Waals surface area contributed by atoms with Crippen molar-refractivity contribution in [2.75, 3.05) is 6.54 Å². The molecule has 2 heterocycles. The van der Waals surface area contributed by atoms with Crippen LogP contribution in [0.2, 0.25) is 0 Å². The van der Waals surface area contributed by atoms with Crippen LogP contribution in [0, 0.1) is 5.92 Å². The molecule has 0 aromatic carbocycles. The highest BCUT2D eigenvalue weighted by molar-refractivity contribution is 5.78. The van der Waals surface area contributed by atoms with Gasteiger partial charge in [0.15, 0.2) is 0 Å². The number of nitrogens with one attached hydrogen (secondary N) is 1. The number of aromatic nitrogens is 2. The summed E-state index contributed by atoms with van der Waals surface area (Å²) in [6.07, 6.45) is 11.2. The van der Waals surface area contributed by atoms with Crippen LogP contribution in [0.25, 0.3) is 0 Å². The summed E-state index contributed by atoms with van der Waals surface area (Å²) in [5.41, 5.74) is 1.13. The van der Waals surface area contributed by atoms with Crippen molar-refractivity contribution in [1.29, 1.82) is 0 Å². The van der Waals surface area contributed by atoms with Gasteiger partial charge in [0.25, 0.3) is 0 Å². The maximum atomic E-state index is 11.9. The Kier molecular flexibility index (Phi) is 3.85. The zero-order valence-electron chi connectivity index (χ0n) is 11.5. The topological polar surface area (TPSA) is 46.9 Å². The number of amides is 1. The van der Waals surface area contributed by atoms with Crippen molar-refractivity contribution >= 4 is 5.91 Å². The Hall–Kier alpha value is -1.32. The summed E-state index contributed by atoms with van der Waals surface area (Å²) in [6.45, 7) is 1.84. The monoisotopic (exact) mass is 261 g/mol. The van der Waals surface area contributed by atoms with Gasteiger partial charge in [-0.05, 0) is 25.7 Å². The van der Waals surface area contributed by atoms with Crippen LogP contribution >= 0.6 is 0 Å². The number of nitrogens with zero attached hydrogens (tertiary/aromatic N) is 2. The molecule has 1 amide bonds. The summed E-state index contributed by atoms with van der Waals surface area (Å²) in [5.74, 6) is 1.75. The first-order valence-electron chi connectivity index (χ1n) is 7.65. The quantitative estimate of drug-likeness (QED) is 0.902. The molecule has 104 valence electrons. The molecule has 1 aromatic rings. The molecule has 1 aromatic heterocycles. The molecule has 1 aliphatic heterocycles. The Labute approximate surface area is 114 Å². The maximum absolute atomic E-state index is 11.9. The van der Waals surface area contributed by atoms with Gasteiger partial charge in [-0.3, -0.25) is 4.79 Å². The Morgan fingerprint density at radius 2 is 2.16 bits per heavy atom. The van der Waals surface area contributed by atoms with Gasteiger partial charge in [0.1, 0.15) is 5.82 Å². The van der Waals surface area contributed by atoms with Gasteiger partial charge in [-0.1, -0.05) is 12.8 Å². The molecule has 4 heteroatoms. The SMILES string of the molecule is O=C(NCCc1cn2c(n1)CCCC2)C1CCCC1. The Bertz CT molecular complexity index is 423. The Balaban J connectivity index is 1.46. The van der Waals surface area contributed by atoms with Gasteiger partial charge in [-0.25, -0.2) is 4.98 Å². The third-order valence-corrected chi connectivity index (χ3v) is 4.36. The van der Waals surface area contributed by atoms with Gasteiger partial charge in [-0.15, -0.1) is 0 Å². The van der Waals surface area contributed by atoms with Gasteiger partial charge >= 0.3 is 0 Å². The van der Waals surface area contributed by atoms with Crippen LogP contribution in [0.5, 0.6) is 0 Å². The predicted molar refractivity (Wildman–Crippen MR) is 73.8 cm³/mol. The molecule has 0 spiro atoms. The molecule has 1 fully saturated rings. The summed E-state index contributed by atoms with van der Waals surface area (Å²) in [4.78, 5) is 16.6. The minimum absolute atomic E-state index is 0.251. The van der Waals surface area contributed by atoms with Crippen LogP contribution in [0.3, 0.4) is 0 Å². The smallest absolute Gasteiger partial charge is 0.223 e. The third-order valence-electron chi connectivity index (χ3n) is 4.36. The molecular weight excluding hydrogens is 238 g/mol. The molecule has 19 heavy (non-hydrogen) atoms. The summed E-state index contributed by atoms with van der Waals surface area (Å²) in [5, 5.41) is 3.07. The molecule has 3 rings (SSSR count). The first kappa shape index (κ1) is 12.7. The van der Waals surface area contributed by atoms with E-state index >= 15 is 0 Å². The average molecular weight is 261 g/mol. The predicted octanol–water partition coefficient (Wildman–Crippen LogP) is 2.07. The molecular formula is C15H23N3O. The van der Waals surface area contributed by atoms with Crippen molar-refractivity contribution < 1.29 is 4.79 Å². The minimum atomic E-state index is 0.251. The first-order valence-corrected chi connectivity index (χ1v) is 7.65. The van der Waals surface area contributed by atoms with E-state index in [1.54, 1.807) is 0 Å². The number of carbonyl (C=O) groups is 1. The lowest BCUT2D eigenvalue weighted by Gasteiger charge is -2.11. The molecule has 0 saturated heterocycles. The number of carbonyl (C=O) groups excluding carboxylic acids is 1. The van der Waals surface area contributed by atoms with Crippen LogP contribution in [0.1, 0.15) is 50.0 Å². The van der Waals surface area contributed by atoms with E-state index in [0.29, 0.717) is 0 Å². The van der Waals surface area contributed by atoms with Crippen LogP contribution in [0.15, 0.2) is 6.20 Å². The van der Waals surface area contributed by atoms with Crippen molar-refractivity contribution in [1.82, 2.24) is 14.9 Å². The molecule has 1 saturated carbocycles. The third kappa shape index (κ3) is 2.99. The fourth-order valence-corrected chi connectivity index (χ4v) is 3.24. The zero-order valence-corrected chi connectivity index (χ0v) is 11.5. The van der Waals surface area contributed by atoms with Gasteiger partial charge < -0.3 is 9.88 Å². The second-order valence-electron chi connectivity index (χ2n) is 5.82. The van der Waals surface area contributed by atoms with E-state index in [9.17, 15) is 4.79 Å². The lowest BCUT2D eigenvalue weighted by molar-refractivity contribution is -0.124. The summed E-state index contributed by atoms with van der Waals surface area (Å²) in [6, 6.07) is 0. The number of hydrogen-bond acceptors (Lipinski definition) is 2. The average Bonchev–Trinajstić information content (AvgIpc) is 3.07. The van der Waals surface area contributed by atoms with Crippen molar-refractivity contribution in [3.63, 3.8) is 0 Å². The van der Waals surface area contributed by atoms with Crippen molar-refractivity contribution in [3.8, 4) is 0 Å². The normalized spacial score (nSPS) is 19.4. The standard InChI is InChI=1S/C15H23N3O/c19-15(12-5-1-2-6-12)16-9-8-13-11-18-10-4-3-7-14(18)17-13/h11-12H,1-10H2,(H,16,19). The van der Waals surface area contributed by atoms with Crippen LogP contribution in [0.4, 0.5) is 0 Å². The highest BCUT2D eigenvalue weighted by Crippen LogP contribution is 2.24. The van der Waals surface area contributed by atoms with Crippen LogP contribution < -0.4 is 5.32 Å². The van der Waals surface area contributed by atoms with Crippen LogP contribution in [-0.2, 0) is 24.2 Å². The summed E-state index contributed by atoms with van der Waals surface area (Å²) in [7, 11) is 0. The molecule has 0 bridgehead atoms. The molecule has 1 N–H and O–H groups in total. The fourth-order valence-electron chi connectivity index (χ4n) is 3.24. The van der Waals surface area contributed by atoms with Gasteiger partial charge in [-0.2, -0.15) is 0 Å². The second-order valence-corrected chi connectivity index (χ2v) is 5.82. The largest absolute Gasteiger partial charge is 0.355 e. The van der Waals surface area contributed by atoms with Crippen molar-refractivity contribution in [2.24, 2.45) is 5.92 Å². The number of rotatable bonds is 4. The number of aryl methyl sites for hydroxylation is 2. The molecule has 0 radical (unpaired) electrons. The Morgan fingerprint density at radius 3 is 2.95 bits per heavy atom. The molecule has 1 aliphatic carbocycles. The number of fused-ring (bicyclic) bond motifs is 1. The van der Waals surface area contributed by atoms with Crippen molar-refractivity contribution in [3.05, 3.63) is 17.7 Å². The Morgan fingerprint density at radius 1 is 1.32 bits per heavy atom. The molecule has 0 atom stereocenters. The van der Waals surface area contributed by atoms with Gasteiger partial charge in [0.2, 0.25) is 5.91 Å². The second kappa shape index (κ2) is 5.76. The summed E-state index contributed by atoms with van der Waals surface area (Å²) >= 11 is 0. The lowest BCUT2D eigenvalue weighted by Crippen LogP contribution is -2.31. The van der Waals surface area contributed by atoms with Crippen molar-refractivity contribution in [2.45, 2.75) is 57.9 Å². The lowest BCUT2D eigenvalue weighted by atomic mass is 10.1. The molecule has 4 nitrogen and oxygen atoms in total. The van der Waals surface area contributed by atoms with E-state index in [1.807, 2.05) is 0 Å². The first-order chi connectivity index (χ1) is 9.33.